The van der Waals surface area contributed by atoms with E-state index in [2.05, 4.69) is 4.99 Å². The van der Waals surface area contributed by atoms with Crippen LogP contribution < -0.4 is 0 Å². The Morgan fingerprint density at radius 1 is 1.78 bits per heavy atom. The van der Waals surface area contributed by atoms with Crippen LogP contribution in [0.1, 0.15) is 6.92 Å². The largest absolute Gasteiger partial charge is 0.358 e. The fourth-order valence-electron chi connectivity index (χ4n) is 0.683. The number of halogens is 1. The molecule has 0 amide bonds. The highest BCUT2D eigenvalue weighted by Gasteiger charge is 2.07. The zero-order valence-electron chi connectivity index (χ0n) is 5.50. The van der Waals surface area contributed by atoms with Gasteiger partial charge in [0.2, 0.25) is 0 Å². The first-order valence-corrected chi connectivity index (χ1v) is 3.22. The van der Waals surface area contributed by atoms with Crippen molar-refractivity contribution in [3.05, 3.63) is 11.9 Å². The van der Waals surface area contributed by atoms with E-state index in [0.29, 0.717) is 0 Å². The molecule has 0 spiro atoms. The third-order valence-electron chi connectivity index (χ3n) is 1.18. The maximum absolute atomic E-state index is 5.76. The second-order valence-electron chi connectivity index (χ2n) is 2.09. The van der Waals surface area contributed by atoms with Gasteiger partial charge in [0.15, 0.2) is 0 Å². The quantitative estimate of drug-likeness (QED) is 0.371. The van der Waals surface area contributed by atoms with Crippen LogP contribution in [-0.4, -0.2) is 23.7 Å². The average Bonchev–Trinajstić information content (AvgIpc) is 1.80. The maximum Gasteiger partial charge on any atom is 0.139 e. The van der Waals surface area contributed by atoms with Crippen molar-refractivity contribution in [3.8, 4) is 0 Å². The zero-order chi connectivity index (χ0) is 6.85. The predicted octanol–water partition coefficient (Wildman–Crippen LogP) is 1.43. The molecule has 2 nitrogen and oxygen atoms in total. The predicted molar refractivity (Wildman–Crippen MR) is 39.7 cm³/mol. The molecule has 0 aromatic carbocycles. The third-order valence-corrected chi connectivity index (χ3v) is 1.60. The Kier molecular flexibility index (Phi) is 1.76. The Morgan fingerprint density at radius 2 is 2.44 bits per heavy atom. The van der Waals surface area contributed by atoms with Crippen molar-refractivity contribution < 1.29 is 0 Å². The van der Waals surface area contributed by atoms with E-state index < -0.39 is 0 Å². The summed E-state index contributed by atoms with van der Waals surface area (Å²) in [5, 5.41) is 0. The molecule has 1 aliphatic rings. The molecule has 3 heteroatoms. The number of allylic oxidation sites excluding steroid dienone is 1. The molecule has 1 atom stereocenters. The van der Waals surface area contributed by atoms with Crippen LogP contribution in [0.15, 0.2) is 16.9 Å². The van der Waals surface area contributed by atoms with Crippen molar-refractivity contribution in [2.75, 3.05) is 7.05 Å². The van der Waals surface area contributed by atoms with E-state index in [1.807, 2.05) is 25.1 Å². The molecule has 0 aliphatic carbocycles. The Hall–Kier alpha value is -0.500. The topological polar surface area (TPSA) is 15.6 Å². The molecular weight excluding hydrogens is 136 g/mol. The van der Waals surface area contributed by atoms with Gasteiger partial charge in [-0.2, -0.15) is 0 Å². The van der Waals surface area contributed by atoms with Crippen LogP contribution >= 0.6 is 11.6 Å². The SMILES string of the molecule is CC1=CN(C)C(Cl)C=N1. The van der Waals surface area contributed by atoms with Crippen LogP contribution in [0.25, 0.3) is 0 Å². The maximum atomic E-state index is 5.76. The molecule has 9 heavy (non-hydrogen) atoms. The van der Waals surface area contributed by atoms with Crippen LogP contribution in [0.3, 0.4) is 0 Å². The molecule has 0 saturated carbocycles. The molecule has 0 fully saturated rings. The lowest BCUT2D eigenvalue weighted by molar-refractivity contribution is 0.481. The van der Waals surface area contributed by atoms with E-state index >= 15 is 0 Å². The number of nitrogens with zero attached hydrogens (tertiary/aromatic N) is 2. The summed E-state index contributed by atoms with van der Waals surface area (Å²) in [5.41, 5.74) is 0.920. The van der Waals surface area contributed by atoms with Crippen LogP contribution in [0, 0.1) is 0 Å². The summed E-state index contributed by atoms with van der Waals surface area (Å²) in [7, 11) is 1.92. The lowest BCUT2D eigenvalue weighted by Crippen LogP contribution is -2.25. The minimum absolute atomic E-state index is 0.0753. The van der Waals surface area contributed by atoms with Crippen molar-refractivity contribution in [1.82, 2.24) is 4.90 Å². The highest BCUT2D eigenvalue weighted by molar-refractivity contribution is 6.28. The Morgan fingerprint density at radius 3 is 2.89 bits per heavy atom. The highest BCUT2D eigenvalue weighted by Crippen LogP contribution is 2.09. The molecule has 1 rings (SSSR count). The number of hydrogen-bond donors (Lipinski definition) is 0. The average molecular weight is 145 g/mol. The number of alkyl halides is 1. The van der Waals surface area contributed by atoms with E-state index in [4.69, 9.17) is 11.6 Å². The van der Waals surface area contributed by atoms with Crippen LogP contribution in [-0.2, 0) is 0 Å². The van der Waals surface area contributed by atoms with E-state index in [1.165, 1.54) is 0 Å². The Balaban J connectivity index is 2.70. The van der Waals surface area contributed by atoms with Crippen LogP contribution in [0.2, 0.25) is 0 Å². The summed E-state index contributed by atoms with van der Waals surface area (Å²) >= 11 is 5.76. The van der Waals surface area contributed by atoms with Crippen molar-refractivity contribution in [2.45, 2.75) is 12.4 Å². The summed E-state index contributed by atoms with van der Waals surface area (Å²) in [6.45, 7) is 1.94. The number of aliphatic imine (C=N–C) groups is 1. The first kappa shape index (κ1) is 6.62. The van der Waals surface area contributed by atoms with Gasteiger partial charge in [-0.1, -0.05) is 11.6 Å². The molecule has 0 aromatic heterocycles. The zero-order valence-corrected chi connectivity index (χ0v) is 6.26. The second-order valence-corrected chi connectivity index (χ2v) is 2.53. The molecule has 0 radical (unpaired) electrons. The van der Waals surface area contributed by atoms with Gasteiger partial charge in [0.05, 0.1) is 5.70 Å². The molecule has 0 bridgehead atoms. The minimum Gasteiger partial charge on any atom is -0.358 e. The molecule has 0 N–H and O–H groups in total. The summed E-state index contributed by atoms with van der Waals surface area (Å²) in [6.07, 6.45) is 3.63. The van der Waals surface area contributed by atoms with Gasteiger partial charge in [0.1, 0.15) is 5.50 Å². The fraction of sp³-hybridized carbons (Fsp3) is 0.500. The second kappa shape index (κ2) is 2.40. The van der Waals surface area contributed by atoms with E-state index in [0.717, 1.165) is 5.70 Å². The normalized spacial score (nSPS) is 26.3. The first-order valence-electron chi connectivity index (χ1n) is 2.79. The van der Waals surface area contributed by atoms with Crippen molar-refractivity contribution in [1.29, 1.82) is 0 Å². The standard InChI is InChI=1S/C6H9ClN2/c1-5-4-9(2)6(7)3-8-5/h3-4,6H,1-2H3. The highest BCUT2D eigenvalue weighted by atomic mass is 35.5. The van der Waals surface area contributed by atoms with Crippen molar-refractivity contribution in [2.24, 2.45) is 4.99 Å². The third kappa shape index (κ3) is 1.45. The van der Waals surface area contributed by atoms with Gasteiger partial charge >= 0.3 is 0 Å². The van der Waals surface area contributed by atoms with Gasteiger partial charge in [-0.15, -0.1) is 0 Å². The summed E-state index contributed by atoms with van der Waals surface area (Å²) in [6, 6.07) is 0. The molecule has 1 heterocycles. The van der Waals surface area contributed by atoms with E-state index in [9.17, 15) is 0 Å². The minimum atomic E-state index is -0.0753. The van der Waals surface area contributed by atoms with Crippen molar-refractivity contribution >= 4 is 17.8 Å². The van der Waals surface area contributed by atoms with Crippen LogP contribution in [0.5, 0.6) is 0 Å². The monoisotopic (exact) mass is 144 g/mol. The smallest absolute Gasteiger partial charge is 0.139 e. The van der Waals surface area contributed by atoms with Crippen LogP contribution in [0.4, 0.5) is 0 Å². The molecule has 1 aliphatic heterocycles. The van der Waals surface area contributed by atoms with Gasteiger partial charge in [-0.05, 0) is 6.92 Å². The summed E-state index contributed by atoms with van der Waals surface area (Å²) < 4.78 is 0. The first-order chi connectivity index (χ1) is 4.20. The Labute approximate surface area is 59.8 Å². The molecule has 50 valence electrons. The fourth-order valence-corrected chi connectivity index (χ4v) is 0.796. The summed E-state index contributed by atoms with van der Waals surface area (Å²) in [5.74, 6) is 0. The molecule has 0 aromatic rings. The number of hydrogen-bond acceptors (Lipinski definition) is 2. The van der Waals surface area contributed by atoms with Gasteiger partial charge < -0.3 is 4.90 Å². The lowest BCUT2D eigenvalue weighted by Gasteiger charge is -2.20. The number of rotatable bonds is 0. The van der Waals surface area contributed by atoms with Crippen molar-refractivity contribution in [3.63, 3.8) is 0 Å². The molecular formula is C6H9ClN2. The van der Waals surface area contributed by atoms with E-state index in [1.54, 1.807) is 6.21 Å². The van der Waals surface area contributed by atoms with Gasteiger partial charge in [0, 0.05) is 19.5 Å². The van der Waals surface area contributed by atoms with Gasteiger partial charge in [-0.3, -0.25) is 4.99 Å². The summed E-state index contributed by atoms with van der Waals surface area (Å²) in [4.78, 5) is 5.93. The van der Waals surface area contributed by atoms with E-state index in [-0.39, 0.29) is 5.50 Å². The van der Waals surface area contributed by atoms with Gasteiger partial charge in [0.25, 0.3) is 0 Å². The lowest BCUT2D eigenvalue weighted by atomic mass is 10.4. The molecule has 1 unspecified atom stereocenters. The van der Waals surface area contributed by atoms with Gasteiger partial charge in [-0.25, -0.2) is 0 Å². The Bertz CT molecular complexity index is 162. The molecule has 0 saturated heterocycles.